The van der Waals surface area contributed by atoms with Crippen LogP contribution in [0.1, 0.15) is 5.56 Å². The van der Waals surface area contributed by atoms with E-state index < -0.39 is 0 Å². The molecule has 0 aliphatic heterocycles. The molecule has 0 aliphatic carbocycles. The molecule has 0 aliphatic rings. The van der Waals surface area contributed by atoms with Crippen molar-refractivity contribution < 1.29 is 58.2 Å². The van der Waals surface area contributed by atoms with Gasteiger partial charge in [-0.15, -0.1) is 23.8 Å². The molecule has 1 nitrogen and oxygen atoms in total. The molecule has 1 aromatic carbocycles. The molecular weight excluding hydrogens is 208 g/mol. The maximum atomic E-state index is 3.02. The average Bonchev–Trinajstić information content (AvgIpc) is 2.33. The van der Waals surface area contributed by atoms with Crippen molar-refractivity contribution in [2.75, 3.05) is 0 Å². The Balaban J connectivity index is 0.000000605. The number of H-pyrrole nitrogens is 1. The van der Waals surface area contributed by atoms with Crippen LogP contribution in [0.4, 0.5) is 0 Å². The Labute approximate surface area is 115 Å². The molecule has 0 amide bonds. The van der Waals surface area contributed by atoms with E-state index in [0.717, 1.165) is 5.52 Å². The van der Waals surface area contributed by atoms with Gasteiger partial charge in [-0.1, -0.05) is 11.6 Å². The first kappa shape index (κ1) is 9.65. The van der Waals surface area contributed by atoms with Gasteiger partial charge < -0.3 is 4.98 Å². The van der Waals surface area contributed by atoms with E-state index in [1.165, 1.54) is 10.9 Å². The topological polar surface area (TPSA) is 15.8 Å². The van der Waals surface area contributed by atoms with Crippen molar-refractivity contribution in [3.63, 3.8) is 0 Å². The zero-order chi connectivity index (χ0) is 6.97. The maximum absolute atomic E-state index is 3.02. The minimum Gasteiger partial charge on any atom is -0.477 e. The first-order chi connectivity index (χ1) is 4.86. The molecule has 2 rings (SSSR count). The number of rotatable bonds is 0. The molecule has 0 atom stereocenters. The molecule has 2 heteroatoms. The van der Waals surface area contributed by atoms with Crippen LogP contribution in [0.15, 0.2) is 24.3 Å². The first-order valence-electron chi connectivity index (χ1n) is 3.32. The van der Waals surface area contributed by atoms with Gasteiger partial charge in [-0.25, -0.2) is 0 Å². The number of aryl methyl sites for hydroxylation is 1. The summed E-state index contributed by atoms with van der Waals surface area (Å²) >= 11 is 0. The molecular formula is C9H8NRb. The molecule has 0 saturated heterocycles. The molecule has 0 radical (unpaired) electrons. The summed E-state index contributed by atoms with van der Waals surface area (Å²) in [5, 5.41) is 1.24. The fourth-order valence-corrected chi connectivity index (χ4v) is 1.11. The summed E-state index contributed by atoms with van der Waals surface area (Å²) < 4.78 is 0. The van der Waals surface area contributed by atoms with Gasteiger partial charge in [-0.3, -0.25) is 0 Å². The Morgan fingerprint density at radius 1 is 1.36 bits per heavy atom. The van der Waals surface area contributed by atoms with Crippen LogP contribution in [0, 0.1) is 13.1 Å². The van der Waals surface area contributed by atoms with Gasteiger partial charge in [0.05, 0.1) is 0 Å². The van der Waals surface area contributed by atoms with Gasteiger partial charge in [0.1, 0.15) is 0 Å². The van der Waals surface area contributed by atoms with E-state index in [4.69, 9.17) is 0 Å². The van der Waals surface area contributed by atoms with Gasteiger partial charge in [0, 0.05) is 0 Å². The van der Waals surface area contributed by atoms with Crippen LogP contribution in [-0.2, 0) is 0 Å². The second-order valence-corrected chi connectivity index (χ2v) is 2.50. The van der Waals surface area contributed by atoms with Crippen molar-refractivity contribution in [3.8, 4) is 0 Å². The third-order valence-electron chi connectivity index (χ3n) is 1.64. The average molecular weight is 216 g/mol. The second kappa shape index (κ2) is 3.99. The summed E-state index contributed by atoms with van der Waals surface area (Å²) in [6.45, 7) is 2.09. The third kappa shape index (κ3) is 2.02. The predicted molar refractivity (Wildman–Crippen MR) is 41.9 cm³/mol. The number of hydrogen-bond acceptors (Lipinski definition) is 0. The minimum atomic E-state index is 0. The minimum absolute atomic E-state index is 0. The number of fused-ring (bicyclic) bond motifs is 1. The van der Waals surface area contributed by atoms with Gasteiger partial charge in [-0.2, -0.15) is 11.5 Å². The van der Waals surface area contributed by atoms with Gasteiger partial charge in [-0.05, 0) is 6.92 Å². The number of nitrogens with one attached hydrogen (secondary N) is 1. The van der Waals surface area contributed by atoms with Crippen LogP contribution in [0.25, 0.3) is 10.9 Å². The summed E-state index contributed by atoms with van der Waals surface area (Å²) in [5.41, 5.74) is 2.45. The fourth-order valence-electron chi connectivity index (χ4n) is 1.11. The van der Waals surface area contributed by atoms with E-state index in [9.17, 15) is 0 Å². The van der Waals surface area contributed by atoms with E-state index in [1.54, 1.807) is 0 Å². The summed E-state index contributed by atoms with van der Waals surface area (Å²) in [6.07, 6.45) is 2.94. The third-order valence-corrected chi connectivity index (χ3v) is 1.64. The van der Waals surface area contributed by atoms with E-state index in [0.29, 0.717) is 0 Å². The Kier molecular flexibility index (Phi) is 3.50. The van der Waals surface area contributed by atoms with E-state index in [-0.39, 0.29) is 58.2 Å². The van der Waals surface area contributed by atoms with Crippen LogP contribution < -0.4 is 58.2 Å². The molecule has 2 aromatic rings. The van der Waals surface area contributed by atoms with Crippen LogP contribution in [-0.4, -0.2) is 4.98 Å². The summed E-state index contributed by atoms with van der Waals surface area (Å²) in [7, 11) is 0. The van der Waals surface area contributed by atoms with Crippen LogP contribution in [0.3, 0.4) is 0 Å². The van der Waals surface area contributed by atoms with Gasteiger partial charge in [0.15, 0.2) is 0 Å². The summed E-state index contributed by atoms with van der Waals surface area (Å²) in [5.74, 6) is 0. The van der Waals surface area contributed by atoms with E-state index in [1.807, 2.05) is 6.07 Å². The smallest absolute Gasteiger partial charge is 0.477 e. The number of aromatic nitrogens is 1. The van der Waals surface area contributed by atoms with Crippen molar-refractivity contribution in [1.82, 2.24) is 4.98 Å². The van der Waals surface area contributed by atoms with Crippen LogP contribution in [0.2, 0.25) is 0 Å². The SMILES string of the molecule is Cc1ccc2[nH][c-]cc2c1.[Rb+]. The van der Waals surface area contributed by atoms with Gasteiger partial charge >= 0.3 is 58.2 Å². The largest absolute Gasteiger partial charge is 1.00 e. The molecule has 0 saturated carbocycles. The zero-order valence-electron chi connectivity index (χ0n) is 6.81. The Morgan fingerprint density at radius 3 is 3.00 bits per heavy atom. The Hall–Kier alpha value is 0.565. The van der Waals surface area contributed by atoms with Gasteiger partial charge in [0.25, 0.3) is 0 Å². The van der Waals surface area contributed by atoms with Crippen molar-refractivity contribution >= 4 is 10.9 Å². The number of aromatic amines is 1. The Morgan fingerprint density at radius 2 is 2.18 bits per heavy atom. The molecule has 0 unspecified atom stereocenters. The monoisotopic (exact) mass is 215 g/mol. The second-order valence-electron chi connectivity index (χ2n) is 2.50. The number of benzene rings is 1. The molecule has 1 N–H and O–H groups in total. The standard InChI is InChI=1S/C9H8N.Rb/c1-7-2-3-9-8(6-7)4-5-10-9;/h2-4,6,10H,1H3;/q-1;+1. The van der Waals surface area contributed by atoms with Crippen molar-refractivity contribution in [3.05, 3.63) is 36.0 Å². The molecule has 11 heavy (non-hydrogen) atoms. The fraction of sp³-hybridized carbons (Fsp3) is 0.111. The van der Waals surface area contributed by atoms with Gasteiger partial charge in [0.2, 0.25) is 0 Å². The van der Waals surface area contributed by atoms with Crippen molar-refractivity contribution in [2.24, 2.45) is 0 Å². The van der Waals surface area contributed by atoms with Crippen molar-refractivity contribution in [2.45, 2.75) is 6.92 Å². The normalized spacial score (nSPS) is 9.55. The number of hydrogen-bond donors (Lipinski definition) is 1. The maximum Gasteiger partial charge on any atom is 1.00 e. The van der Waals surface area contributed by atoms with E-state index >= 15 is 0 Å². The van der Waals surface area contributed by atoms with Crippen LogP contribution >= 0.6 is 0 Å². The van der Waals surface area contributed by atoms with Crippen LogP contribution in [0.5, 0.6) is 0 Å². The van der Waals surface area contributed by atoms with E-state index in [2.05, 4.69) is 36.3 Å². The molecule has 0 spiro atoms. The predicted octanol–water partition coefficient (Wildman–Crippen LogP) is -0.719. The summed E-state index contributed by atoms with van der Waals surface area (Å²) in [6, 6.07) is 8.26. The molecule has 50 valence electrons. The molecule has 1 aromatic heterocycles. The summed E-state index contributed by atoms with van der Waals surface area (Å²) in [4.78, 5) is 3.02. The molecule has 1 heterocycles. The molecule has 0 bridgehead atoms. The zero-order valence-corrected chi connectivity index (χ0v) is 11.7. The van der Waals surface area contributed by atoms with Crippen molar-refractivity contribution in [1.29, 1.82) is 0 Å². The Bertz CT molecular complexity index is 351. The quantitative estimate of drug-likeness (QED) is 0.559. The molecule has 0 fully saturated rings. The first-order valence-corrected chi connectivity index (χ1v) is 3.32.